The summed E-state index contributed by atoms with van der Waals surface area (Å²) in [5.41, 5.74) is 0. The van der Waals surface area contributed by atoms with E-state index in [-0.39, 0.29) is 37.1 Å². The number of aliphatic imine (C=N–C) groups is 1. The molecule has 26 heavy (non-hydrogen) atoms. The Labute approximate surface area is 179 Å². The second-order valence-corrected chi connectivity index (χ2v) is 5.96. The summed E-state index contributed by atoms with van der Waals surface area (Å²) in [6.07, 6.45) is 0.857. The van der Waals surface area contributed by atoms with Crippen LogP contribution in [-0.4, -0.2) is 36.9 Å². The zero-order valence-corrected chi connectivity index (χ0v) is 18.1. The van der Waals surface area contributed by atoms with Gasteiger partial charge in [-0.1, -0.05) is 29.3 Å². The molecule has 0 bridgehead atoms. The minimum absolute atomic E-state index is 0. The van der Waals surface area contributed by atoms with Gasteiger partial charge < -0.3 is 24.9 Å². The summed E-state index contributed by atoms with van der Waals surface area (Å²) in [4.78, 5) is 4.38. The number of aliphatic hydroxyl groups excluding tert-OH is 1. The van der Waals surface area contributed by atoms with Crippen LogP contribution in [0.1, 0.15) is 12.7 Å². The van der Waals surface area contributed by atoms with Crippen molar-refractivity contribution in [2.24, 2.45) is 4.99 Å². The smallest absolute Gasteiger partial charge is 0.191 e. The van der Waals surface area contributed by atoms with Gasteiger partial charge in [-0.15, -0.1) is 24.0 Å². The Hall–Kier alpha value is -1.16. The average Bonchev–Trinajstić information content (AvgIpc) is 3.12. The maximum absolute atomic E-state index is 10.1. The van der Waals surface area contributed by atoms with E-state index in [0.29, 0.717) is 34.8 Å². The van der Waals surface area contributed by atoms with Gasteiger partial charge in [0.25, 0.3) is 0 Å². The topological polar surface area (TPSA) is 79.0 Å². The van der Waals surface area contributed by atoms with Gasteiger partial charge in [-0.05, 0) is 31.2 Å². The molecule has 0 aliphatic carbocycles. The van der Waals surface area contributed by atoms with Gasteiger partial charge in [-0.3, -0.25) is 0 Å². The summed E-state index contributed by atoms with van der Waals surface area (Å²) >= 11 is 12.0. The van der Waals surface area contributed by atoms with E-state index < -0.39 is 6.10 Å². The van der Waals surface area contributed by atoms with Gasteiger partial charge in [0.1, 0.15) is 35.8 Å². The van der Waals surface area contributed by atoms with Crippen LogP contribution in [0.4, 0.5) is 0 Å². The Morgan fingerprint density at radius 3 is 2.77 bits per heavy atom. The first-order valence-electron chi connectivity index (χ1n) is 7.89. The molecule has 1 heterocycles. The number of halogens is 3. The maximum atomic E-state index is 10.1. The molecular weight excluding hydrogens is 492 g/mol. The first kappa shape index (κ1) is 22.9. The molecule has 1 aromatic heterocycles. The van der Waals surface area contributed by atoms with Crippen molar-refractivity contribution in [1.82, 2.24) is 10.6 Å². The second kappa shape index (κ2) is 12.3. The Morgan fingerprint density at radius 1 is 1.27 bits per heavy atom. The van der Waals surface area contributed by atoms with E-state index in [1.807, 2.05) is 19.1 Å². The molecule has 0 aliphatic heterocycles. The first-order valence-corrected chi connectivity index (χ1v) is 8.65. The number of furan rings is 1. The van der Waals surface area contributed by atoms with Gasteiger partial charge in [0.15, 0.2) is 5.96 Å². The van der Waals surface area contributed by atoms with Crippen molar-refractivity contribution < 1.29 is 14.3 Å². The molecule has 144 valence electrons. The number of nitrogens with one attached hydrogen (secondary N) is 2. The lowest BCUT2D eigenvalue weighted by Crippen LogP contribution is -2.42. The van der Waals surface area contributed by atoms with Crippen molar-refractivity contribution in [2.75, 3.05) is 19.7 Å². The third kappa shape index (κ3) is 7.61. The van der Waals surface area contributed by atoms with Crippen LogP contribution in [0.25, 0.3) is 0 Å². The van der Waals surface area contributed by atoms with Crippen LogP contribution in [0.3, 0.4) is 0 Å². The number of rotatable bonds is 8. The number of hydrogen-bond donors (Lipinski definition) is 3. The number of benzene rings is 1. The monoisotopic (exact) mass is 513 g/mol. The highest BCUT2D eigenvalue weighted by atomic mass is 127. The molecule has 1 atom stereocenters. The summed E-state index contributed by atoms with van der Waals surface area (Å²) in [5, 5.41) is 17.0. The number of aliphatic hydroxyl groups is 1. The summed E-state index contributed by atoms with van der Waals surface area (Å²) in [6, 6.07) is 8.77. The van der Waals surface area contributed by atoms with Gasteiger partial charge >= 0.3 is 0 Å². The van der Waals surface area contributed by atoms with E-state index >= 15 is 0 Å². The molecule has 0 fully saturated rings. The number of ether oxygens (including phenoxy) is 1. The molecule has 6 nitrogen and oxygen atoms in total. The highest BCUT2D eigenvalue weighted by Crippen LogP contribution is 2.31. The average molecular weight is 514 g/mol. The van der Waals surface area contributed by atoms with E-state index in [9.17, 15) is 5.11 Å². The molecule has 9 heteroatoms. The predicted molar refractivity (Wildman–Crippen MR) is 115 cm³/mol. The molecule has 0 amide bonds. The van der Waals surface area contributed by atoms with Crippen molar-refractivity contribution in [3.8, 4) is 5.75 Å². The highest BCUT2D eigenvalue weighted by molar-refractivity contribution is 14.0. The Balaban J connectivity index is 0.00000338. The van der Waals surface area contributed by atoms with Crippen molar-refractivity contribution >= 4 is 53.1 Å². The molecular formula is C17H22Cl2IN3O3. The Bertz CT molecular complexity index is 684. The lowest BCUT2D eigenvalue weighted by molar-refractivity contribution is 0.110. The SMILES string of the molecule is CCNC(=NCc1ccco1)NCC(O)COc1cccc(Cl)c1Cl.I. The van der Waals surface area contributed by atoms with Crippen LogP contribution in [-0.2, 0) is 6.54 Å². The second-order valence-electron chi connectivity index (χ2n) is 5.17. The third-order valence-electron chi connectivity index (χ3n) is 3.17. The van der Waals surface area contributed by atoms with Gasteiger partial charge in [-0.2, -0.15) is 0 Å². The molecule has 1 unspecified atom stereocenters. The van der Waals surface area contributed by atoms with Crippen LogP contribution in [0.2, 0.25) is 10.0 Å². The predicted octanol–water partition coefficient (Wildman–Crippen LogP) is 3.70. The molecule has 0 aliphatic rings. The van der Waals surface area contributed by atoms with Crippen LogP contribution in [0, 0.1) is 0 Å². The lowest BCUT2D eigenvalue weighted by Gasteiger charge is -2.16. The molecule has 3 N–H and O–H groups in total. The fourth-order valence-corrected chi connectivity index (χ4v) is 2.30. The van der Waals surface area contributed by atoms with Gasteiger partial charge in [0.05, 0.1) is 11.3 Å². The van der Waals surface area contributed by atoms with Crippen molar-refractivity contribution in [3.05, 3.63) is 52.4 Å². The van der Waals surface area contributed by atoms with Gasteiger partial charge in [0, 0.05) is 13.1 Å². The zero-order chi connectivity index (χ0) is 18.1. The third-order valence-corrected chi connectivity index (χ3v) is 3.97. The largest absolute Gasteiger partial charge is 0.489 e. The van der Waals surface area contributed by atoms with Gasteiger partial charge in [-0.25, -0.2) is 4.99 Å². The van der Waals surface area contributed by atoms with Gasteiger partial charge in [0.2, 0.25) is 0 Å². The normalized spacial score (nSPS) is 12.2. The van der Waals surface area contributed by atoms with E-state index in [4.69, 9.17) is 32.4 Å². The maximum Gasteiger partial charge on any atom is 0.191 e. The van der Waals surface area contributed by atoms with E-state index in [1.165, 1.54) is 0 Å². The van der Waals surface area contributed by atoms with E-state index in [1.54, 1.807) is 24.5 Å². The lowest BCUT2D eigenvalue weighted by atomic mass is 10.3. The number of hydrogen-bond acceptors (Lipinski definition) is 4. The fraction of sp³-hybridized carbons (Fsp3) is 0.353. The number of nitrogens with zero attached hydrogens (tertiary/aromatic N) is 1. The molecule has 0 radical (unpaired) electrons. The Morgan fingerprint density at radius 2 is 2.08 bits per heavy atom. The first-order chi connectivity index (χ1) is 12.1. The van der Waals surface area contributed by atoms with Crippen LogP contribution < -0.4 is 15.4 Å². The summed E-state index contributed by atoms with van der Waals surface area (Å²) in [6.45, 7) is 3.42. The molecule has 2 rings (SSSR count). The van der Waals surface area contributed by atoms with Crippen molar-refractivity contribution in [3.63, 3.8) is 0 Å². The summed E-state index contributed by atoms with van der Waals surface area (Å²) in [5.74, 6) is 1.78. The summed E-state index contributed by atoms with van der Waals surface area (Å²) < 4.78 is 10.7. The van der Waals surface area contributed by atoms with Crippen molar-refractivity contribution in [2.45, 2.75) is 19.6 Å². The minimum Gasteiger partial charge on any atom is -0.489 e. The van der Waals surface area contributed by atoms with Crippen LogP contribution >= 0.6 is 47.2 Å². The highest BCUT2D eigenvalue weighted by Gasteiger charge is 2.10. The van der Waals surface area contributed by atoms with Crippen LogP contribution in [0.15, 0.2) is 46.0 Å². The van der Waals surface area contributed by atoms with Crippen LogP contribution in [0.5, 0.6) is 5.75 Å². The molecule has 2 aromatic rings. The molecule has 0 saturated carbocycles. The van der Waals surface area contributed by atoms with Crippen molar-refractivity contribution in [1.29, 1.82) is 0 Å². The fourth-order valence-electron chi connectivity index (χ4n) is 1.96. The minimum atomic E-state index is -0.748. The zero-order valence-electron chi connectivity index (χ0n) is 14.2. The molecule has 0 spiro atoms. The van der Waals surface area contributed by atoms with E-state index in [2.05, 4.69) is 15.6 Å². The summed E-state index contributed by atoms with van der Waals surface area (Å²) in [7, 11) is 0. The Kier molecular flexibility index (Phi) is 10.8. The quantitative estimate of drug-likeness (QED) is 0.285. The standard InChI is InChI=1S/C17H21Cl2N3O3.HI/c1-2-20-17(22-10-13-5-4-8-24-13)21-9-12(23)11-25-15-7-3-6-14(18)16(15)19;/h3-8,12,23H,2,9-11H2,1H3,(H2,20,21,22);1H. The number of guanidine groups is 1. The molecule has 1 aromatic carbocycles. The molecule has 0 saturated heterocycles. The van der Waals surface area contributed by atoms with E-state index in [0.717, 1.165) is 5.76 Å².